The number of nitrogens with zero attached hydrogens (tertiary/aromatic N) is 1. The van der Waals surface area contributed by atoms with Crippen molar-refractivity contribution in [3.05, 3.63) is 29.8 Å². The maximum Gasteiger partial charge on any atom is 0.161 e. The Bertz CT molecular complexity index is 442. The van der Waals surface area contributed by atoms with Crippen molar-refractivity contribution in [2.24, 2.45) is 10.9 Å². The molecule has 0 amide bonds. The molecular formula is C14H18N2S. The third kappa shape index (κ3) is 2.34. The molecule has 0 saturated heterocycles. The van der Waals surface area contributed by atoms with Gasteiger partial charge in [-0.25, -0.2) is 0 Å². The SMILES string of the molecule is Cc1ccccc1NC1=NC2CCCC2CS1. The zero-order valence-corrected chi connectivity index (χ0v) is 11.0. The van der Waals surface area contributed by atoms with Crippen molar-refractivity contribution in [3.63, 3.8) is 0 Å². The van der Waals surface area contributed by atoms with E-state index in [4.69, 9.17) is 4.99 Å². The molecule has 1 aromatic rings. The molecule has 3 heteroatoms. The summed E-state index contributed by atoms with van der Waals surface area (Å²) >= 11 is 1.88. The summed E-state index contributed by atoms with van der Waals surface area (Å²) in [5.41, 5.74) is 2.47. The molecule has 0 spiro atoms. The second kappa shape index (κ2) is 4.73. The first-order valence-electron chi connectivity index (χ1n) is 6.36. The van der Waals surface area contributed by atoms with Crippen molar-refractivity contribution in [1.82, 2.24) is 0 Å². The Kier molecular flexibility index (Phi) is 3.10. The van der Waals surface area contributed by atoms with E-state index in [0.717, 1.165) is 11.1 Å². The molecule has 1 aliphatic heterocycles. The Morgan fingerprint density at radius 1 is 1.29 bits per heavy atom. The first-order chi connectivity index (χ1) is 8.33. The van der Waals surface area contributed by atoms with Crippen LogP contribution in [0.25, 0.3) is 0 Å². The maximum absolute atomic E-state index is 4.85. The minimum Gasteiger partial charge on any atom is -0.335 e. The van der Waals surface area contributed by atoms with E-state index in [2.05, 4.69) is 36.5 Å². The highest BCUT2D eigenvalue weighted by atomic mass is 32.2. The van der Waals surface area contributed by atoms with Crippen LogP contribution in [0.2, 0.25) is 0 Å². The number of hydrogen-bond donors (Lipinski definition) is 1. The Morgan fingerprint density at radius 3 is 3.06 bits per heavy atom. The summed E-state index contributed by atoms with van der Waals surface area (Å²) in [6.07, 6.45) is 4.01. The van der Waals surface area contributed by atoms with Gasteiger partial charge < -0.3 is 5.32 Å². The van der Waals surface area contributed by atoms with E-state index in [-0.39, 0.29) is 0 Å². The van der Waals surface area contributed by atoms with E-state index < -0.39 is 0 Å². The van der Waals surface area contributed by atoms with Crippen LogP contribution in [0.5, 0.6) is 0 Å². The largest absolute Gasteiger partial charge is 0.335 e. The third-order valence-electron chi connectivity index (χ3n) is 3.72. The summed E-state index contributed by atoms with van der Waals surface area (Å²) in [6.45, 7) is 2.13. The van der Waals surface area contributed by atoms with Gasteiger partial charge in [-0.2, -0.15) is 0 Å². The van der Waals surface area contributed by atoms with Crippen LogP contribution in [0.3, 0.4) is 0 Å². The molecule has 2 atom stereocenters. The number of amidine groups is 1. The summed E-state index contributed by atoms with van der Waals surface area (Å²) in [5, 5.41) is 4.59. The zero-order chi connectivity index (χ0) is 11.7. The van der Waals surface area contributed by atoms with Crippen molar-refractivity contribution in [2.45, 2.75) is 32.2 Å². The highest BCUT2D eigenvalue weighted by molar-refractivity contribution is 8.14. The standard InChI is InChI=1S/C14H18N2S/c1-10-5-2-3-7-12(10)15-14-16-13-8-4-6-11(13)9-17-14/h2-3,5,7,11,13H,4,6,8-9H2,1H3,(H,15,16). The summed E-state index contributed by atoms with van der Waals surface area (Å²) in [6, 6.07) is 8.99. The van der Waals surface area contributed by atoms with Crippen LogP contribution in [-0.2, 0) is 0 Å². The maximum atomic E-state index is 4.85. The van der Waals surface area contributed by atoms with Gasteiger partial charge in [0.15, 0.2) is 5.17 Å². The van der Waals surface area contributed by atoms with Crippen LogP contribution >= 0.6 is 11.8 Å². The van der Waals surface area contributed by atoms with Gasteiger partial charge in [0.05, 0.1) is 6.04 Å². The van der Waals surface area contributed by atoms with E-state index in [1.165, 1.54) is 36.3 Å². The van der Waals surface area contributed by atoms with E-state index in [1.807, 2.05) is 11.8 Å². The molecule has 2 aliphatic rings. The minimum absolute atomic E-state index is 0.586. The normalized spacial score (nSPS) is 27.5. The Hall–Kier alpha value is -0.960. The van der Waals surface area contributed by atoms with Crippen LogP contribution in [0.15, 0.2) is 29.3 Å². The number of hydrogen-bond acceptors (Lipinski definition) is 3. The molecule has 3 rings (SSSR count). The fourth-order valence-electron chi connectivity index (χ4n) is 2.65. The number of thioether (sulfide) groups is 1. The first kappa shape index (κ1) is 11.1. The molecule has 2 unspecified atom stereocenters. The number of benzene rings is 1. The lowest BCUT2D eigenvalue weighted by Gasteiger charge is -2.23. The molecule has 1 heterocycles. The van der Waals surface area contributed by atoms with Gasteiger partial charge in [-0.3, -0.25) is 4.99 Å². The van der Waals surface area contributed by atoms with Crippen molar-refractivity contribution in [1.29, 1.82) is 0 Å². The zero-order valence-electron chi connectivity index (χ0n) is 10.1. The summed E-state index contributed by atoms with van der Waals surface area (Å²) in [7, 11) is 0. The summed E-state index contributed by atoms with van der Waals surface area (Å²) in [4.78, 5) is 4.85. The van der Waals surface area contributed by atoms with E-state index in [0.29, 0.717) is 6.04 Å². The monoisotopic (exact) mass is 246 g/mol. The number of nitrogens with one attached hydrogen (secondary N) is 1. The predicted molar refractivity (Wildman–Crippen MR) is 75.8 cm³/mol. The lowest BCUT2D eigenvalue weighted by Crippen LogP contribution is -2.25. The van der Waals surface area contributed by atoms with Crippen molar-refractivity contribution >= 4 is 22.6 Å². The minimum atomic E-state index is 0.586. The van der Waals surface area contributed by atoms with Gasteiger partial charge in [0.25, 0.3) is 0 Å². The number of anilines is 1. The number of aliphatic imine (C=N–C) groups is 1. The first-order valence-corrected chi connectivity index (χ1v) is 7.35. The topological polar surface area (TPSA) is 24.4 Å². The van der Waals surface area contributed by atoms with Gasteiger partial charge in [-0.1, -0.05) is 36.4 Å². The highest BCUT2D eigenvalue weighted by Gasteiger charge is 2.30. The van der Waals surface area contributed by atoms with Crippen LogP contribution in [0.1, 0.15) is 24.8 Å². The van der Waals surface area contributed by atoms with Crippen molar-refractivity contribution < 1.29 is 0 Å². The molecule has 90 valence electrons. The molecule has 1 fully saturated rings. The smallest absolute Gasteiger partial charge is 0.161 e. The fourth-order valence-corrected chi connectivity index (χ4v) is 3.81. The van der Waals surface area contributed by atoms with E-state index in [9.17, 15) is 0 Å². The Balaban J connectivity index is 1.76. The van der Waals surface area contributed by atoms with Crippen LogP contribution in [0, 0.1) is 12.8 Å². The lowest BCUT2D eigenvalue weighted by atomic mass is 10.1. The molecule has 0 aromatic heterocycles. The van der Waals surface area contributed by atoms with E-state index >= 15 is 0 Å². The molecule has 1 aromatic carbocycles. The van der Waals surface area contributed by atoms with Crippen LogP contribution in [-0.4, -0.2) is 17.0 Å². The fraction of sp³-hybridized carbons (Fsp3) is 0.500. The van der Waals surface area contributed by atoms with Gasteiger partial charge in [-0.05, 0) is 37.3 Å². The molecule has 17 heavy (non-hydrogen) atoms. The second-order valence-electron chi connectivity index (χ2n) is 4.94. The van der Waals surface area contributed by atoms with Gasteiger partial charge in [0, 0.05) is 11.4 Å². The molecule has 2 nitrogen and oxygen atoms in total. The second-order valence-corrected chi connectivity index (χ2v) is 5.95. The van der Waals surface area contributed by atoms with Gasteiger partial charge in [-0.15, -0.1) is 0 Å². The van der Waals surface area contributed by atoms with Crippen molar-refractivity contribution in [3.8, 4) is 0 Å². The average Bonchev–Trinajstić information content (AvgIpc) is 2.79. The summed E-state index contributed by atoms with van der Waals surface area (Å²) < 4.78 is 0. The Labute approximate surface area is 107 Å². The molecule has 1 saturated carbocycles. The van der Waals surface area contributed by atoms with Crippen LogP contribution in [0.4, 0.5) is 5.69 Å². The molecular weight excluding hydrogens is 228 g/mol. The quantitative estimate of drug-likeness (QED) is 0.817. The third-order valence-corrected chi connectivity index (χ3v) is 4.80. The van der Waals surface area contributed by atoms with Gasteiger partial charge in [0.2, 0.25) is 0 Å². The molecule has 0 bridgehead atoms. The van der Waals surface area contributed by atoms with E-state index in [1.54, 1.807) is 0 Å². The lowest BCUT2D eigenvalue weighted by molar-refractivity contribution is 0.535. The summed E-state index contributed by atoms with van der Waals surface area (Å²) in [5.74, 6) is 2.07. The number of rotatable bonds is 1. The number of fused-ring (bicyclic) bond motifs is 1. The highest BCUT2D eigenvalue weighted by Crippen LogP contribution is 2.35. The number of aryl methyl sites for hydroxylation is 1. The molecule has 1 N–H and O–H groups in total. The predicted octanol–water partition coefficient (Wildman–Crippen LogP) is 3.68. The molecule has 0 radical (unpaired) electrons. The molecule has 1 aliphatic carbocycles. The number of para-hydroxylation sites is 1. The average molecular weight is 246 g/mol. The van der Waals surface area contributed by atoms with Crippen molar-refractivity contribution in [2.75, 3.05) is 11.1 Å². The van der Waals surface area contributed by atoms with Gasteiger partial charge >= 0.3 is 0 Å². The van der Waals surface area contributed by atoms with Gasteiger partial charge in [0.1, 0.15) is 0 Å². The Morgan fingerprint density at radius 2 is 2.18 bits per heavy atom. The van der Waals surface area contributed by atoms with Crippen LogP contribution < -0.4 is 5.32 Å².